The predicted octanol–water partition coefficient (Wildman–Crippen LogP) is 3.11. The molecular formula is C15H14N2O6. The lowest BCUT2D eigenvalue weighted by atomic mass is 10.0. The third kappa shape index (κ3) is 3.54. The van der Waals surface area contributed by atoms with Crippen molar-refractivity contribution >= 4 is 11.4 Å². The van der Waals surface area contributed by atoms with Crippen LogP contribution in [0.1, 0.15) is 11.1 Å². The van der Waals surface area contributed by atoms with E-state index in [9.17, 15) is 20.2 Å². The highest BCUT2D eigenvalue weighted by atomic mass is 16.6. The zero-order valence-electron chi connectivity index (χ0n) is 12.5. The van der Waals surface area contributed by atoms with E-state index in [1.54, 1.807) is 0 Å². The van der Waals surface area contributed by atoms with Gasteiger partial charge in [0.15, 0.2) is 0 Å². The standard InChI is InChI=1S/C15H14N2O6/c1-22-14-5-3-12(16(18)19)8-10(14)7-11-9-13(17(20)21)4-6-15(11)23-2/h3-6,8-9H,7H2,1-2H3. The molecule has 0 heterocycles. The third-order valence-corrected chi connectivity index (χ3v) is 3.33. The highest BCUT2D eigenvalue weighted by molar-refractivity contribution is 5.50. The minimum Gasteiger partial charge on any atom is -0.496 e. The van der Waals surface area contributed by atoms with Gasteiger partial charge in [-0.05, 0) is 12.1 Å². The monoisotopic (exact) mass is 318 g/mol. The molecule has 8 nitrogen and oxygen atoms in total. The molecule has 0 radical (unpaired) electrons. The third-order valence-electron chi connectivity index (χ3n) is 3.33. The number of hydrogen-bond acceptors (Lipinski definition) is 6. The van der Waals surface area contributed by atoms with Crippen molar-refractivity contribution in [3.63, 3.8) is 0 Å². The first-order valence-electron chi connectivity index (χ1n) is 6.59. The lowest BCUT2D eigenvalue weighted by Gasteiger charge is -2.11. The summed E-state index contributed by atoms with van der Waals surface area (Å²) < 4.78 is 10.4. The Morgan fingerprint density at radius 2 is 1.22 bits per heavy atom. The maximum Gasteiger partial charge on any atom is 0.269 e. The summed E-state index contributed by atoms with van der Waals surface area (Å²) >= 11 is 0. The first-order chi connectivity index (χ1) is 11.0. The molecule has 0 unspecified atom stereocenters. The molecule has 0 fully saturated rings. The quantitative estimate of drug-likeness (QED) is 0.598. The van der Waals surface area contributed by atoms with Gasteiger partial charge in [0.1, 0.15) is 11.5 Å². The first-order valence-corrected chi connectivity index (χ1v) is 6.59. The van der Waals surface area contributed by atoms with E-state index in [0.717, 1.165) is 0 Å². The van der Waals surface area contributed by atoms with Gasteiger partial charge in [0.25, 0.3) is 11.4 Å². The van der Waals surface area contributed by atoms with Gasteiger partial charge in [0.2, 0.25) is 0 Å². The molecule has 8 heteroatoms. The molecule has 0 aromatic heterocycles. The summed E-state index contributed by atoms with van der Waals surface area (Å²) in [6.45, 7) is 0. The smallest absolute Gasteiger partial charge is 0.269 e. The number of nitro groups is 2. The molecule has 2 aromatic rings. The Labute approximate surface area is 131 Å². The molecule has 0 aliphatic rings. The predicted molar refractivity (Wildman–Crippen MR) is 82.1 cm³/mol. The zero-order valence-corrected chi connectivity index (χ0v) is 12.5. The Morgan fingerprint density at radius 1 is 0.826 bits per heavy atom. The van der Waals surface area contributed by atoms with Gasteiger partial charge in [0, 0.05) is 41.8 Å². The summed E-state index contributed by atoms with van der Waals surface area (Å²) in [6, 6.07) is 8.45. The van der Waals surface area contributed by atoms with Crippen molar-refractivity contribution in [3.05, 3.63) is 67.8 Å². The van der Waals surface area contributed by atoms with E-state index in [1.807, 2.05) is 0 Å². The number of rotatable bonds is 6. The maximum atomic E-state index is 10.9. The number of non-ortho nitro benzene ring substituents is 2. The lowest BCUT2D eigenvalue weighted by molar-refractivity contribution is -0.385. The van der Waals surface area contributed by atoms with E-state index in [2.05, 4.69) is 0 Å². The Morgan fingerprint density at radius 3 is 1.52 bits per heavy atom. The molecular weight excluding hydrogens is 304 g/mol. The molecule has 0 saturated heterocycles. The van der Waals surface area contributed by atoms with Crippen molar-refractivity contribution in [2.75, 3.05) is 14.2 Å². The van der Waals surface area contributed by atoms with Crippen LogP contribution in [0.4, 0.5) is 11.4 Å². The van der Waals surface area contributed by atoms with Crippen LogP contribution in [0.2, 0.25) is 0 Å². The van der Waals surface area contributed by atoms with Gasteiger partial charge in [-0.1, -0.05) is 0 Å². The fourth-order valence-corrected chi connectivity index (χ4v) is 2.24. The normalized spacial score (nSPS) is 10.2. The van der Waals surface area contributed by atoms with Crippen LogP contribution in [0.3, 0.4) is 0 Å². The van der Waals surface area contributed by atoms with Crippen LogP contribution in [0.5, 0.6) is 11.5 Å². The van der Waals surface area contributed by atoms with Gasteiger partial charge < -0.3 is 9.47 Å². The molecule has 0 spiro atoms. The van der Waals surface area contributed by atoms with Crippen molar-refractivity contribution in [2.24, 2.45) is 0 Å². The minimum atomic E-state index is -0.506. The largest absolute Gasteiger partial charge is 0.496 e. The second-order valence-corrected chi connectivity index (χ2v) is 4.68. The maximum absolute atomic E-state index is 10.9. The average Bonchev–Trinajstić information content (AvgIpc) is 2.54. The van der Waals surface area contributed by atoms with E-state index >= 15 is 0 Å². The molecule has 2 rings (SSSR count). The van der Waals surface area contributed by atoms with Crippen LogP contribution >= 0.6 is 0 Å². The average molecular weight is 318 g/mol. The molecule has 0 N–H and O–H groups in total. The second-order valence-electron chi connectivity index (χ2n) is 4.68. The second kappa shape index (κ2) is 6.73. The van der Waals surface area contributed by atoms with Crippen LogP contribution in [0.15, 0.2) is 36.4 Å². The Bertz CT molecular complexity index is 696. The van der Waals surface area contributed by atoms with E-state index in [1.165, 1.54) is 50.6 Å². The Hall–Kier alpha value is -3.16. The van der Waals surface area contributed by atoms with Gasteiger partial charge in [-0.2, -0.15) is 0 Å². The van der Waals surface area contributed by atoms with E-state index in [-0.39, 0.29) is 17.8 Å². The molecule has 0 atom stereocenters. The summed E-state index contributed by atoms with van der Waals surface area (Å²) in [5.74, 6) is 0.924. The summed E-state index contributed by atoms with van der Waals surface area (Å²) in [5.41, 5.74) is 0.927. The lowest BCUT2D eigenvalue weighted by Crippen LogP contribution is -2.00. The van der Waals surface area contributed by atoms with Gasteiger partial charge >= 0.3 is 0 Å². The van der Waals surface area contributed by atoms with Crippen LogP contribution in [0.25, 0.3) is 0 Å². The van der Waals surface area contributed by atoms with Crippen LogP contribution in [0, 0.1) is 20.2 Å². The summed E-state index contributed by atoms with van der Waals surface area (Å²) in [7, 11) is 2.91. The molecule has 0 saturated carbocycles. The van der Waals surface area contributed by atoms with Gasteiger partial charge in [0.05, 0.1) is 24.1 Å². The number of ether oxygens (including phenoxy) is 2. The summed E-state index contributed by atoms with van der Waals surface area (Å²) in [6.07, 6.45) is 0.204. The molecule has 23 heavy (non-hydrogen) atoms. The van der Waals surface area contributed by atoms with Gasteiger partial charge in [-0.25, -0.2) is 0 Å². The van der Waals surface area contributed by atoms with E-state index < -0.39 is 9.85 Å². The summed E-state index contributed by atoms with van der Waals surface area (Å²) in [5, 5.41) is 21.8. The molecule has 0 amide bonds. The van der Waals surface area contributed by atoms with Crippen LogP contribution < -0.4 is 9.47 Å². The SMILES string of the molecule is COc1ccc([N+](=O)[O-])cc1Cc1cc([N+](=O)[O-])ccc1OC. The number of methoxy groups -OCH3 is 2. The van der Waals surface area contributed by atoms with Crippen LogP contribution in [-0.2, 0) is 6.42 Å². The van der Waals surface area contributed by atoms with Crippen molar-refractivity contribution < 1.29 is 19.3 Å². The highest BCUT2D eigenvalue weighted by Gasteiger charge is 2.16. The highest BCUT2D eigenvalue weighted by Crippen LogP contribution is 2.31. The fourth-order valence-electron chi connectivity index (χ4n) is 2.24. The molecule has 0 bridgehead atoms. The van der Waals surface area contributed by atoms with Gasteiger partial charge in [-0.3, -0.25) is 20.2 Å². The number of nitro benzene ring substituents is 2. The van der Waals surface area contributed by atoms with Crippen molar-refractivity contribution in [1.82, 2.24) is 0 Å². The topological polar surface area (TPSA) is 105 Å². The minimum absolute atomic E-state index is 0.0785. The molecule has 2 aromatic carbocycles. The van der Waals surface area contributed by atoms with Crippen molar-refractivity contribution in [3.8, 4) is 11.5 Å². The Kier molecular flexibility index (Phi) is 4.75. The number of hydrogen-bond donors (Lipinski definition) is 0. The molecule has 0 aliphatic carbocycles. The zero-order chi connectivity index (χ0) is 17.0. The molecule has 0 aliphatic heterocycles. The van der Waals surface area contributed by atoms with E-state index in [0.29, 0.717) is 22.6 Å². The number of nitrogens with zero attached hydrogens (tertiary/aromatic N) is 2. The fraction of sp³-hybridized carbons (Fsp3) is 0.200. The van der Waals surface area contributed by atoms with Crippen molar-refractivity contribution in [1.29, 1.82) is 0 Å². The van der Waals surface area contributed by atoms with E-state index in [4.69, 9.17) is 9.47 Å². The van der Waals surface area contributed by atoms with Crippen molar-refractivity contribution in [2.45, 2.75) is 6.42 Å². The Balaban J connectivity index is 2.48. The molecule has 120 valence electrons. The van der Waals surface area contributed by atoms with Gasteiger partial charge in [-0.15, -0.1) is 0 Å². The first kappa shape index (κ1) is 16.2. The van der Waals surface area contributed by atoms with Crippen LogP contribution in [-0.4, -0.2) is 24.1 Å². The summed E-state index contributed by atoms with van der Waals surface area (Å²) in [4.78, 5) is 20.8. The number of benzene rings is 2.